The van der Waals surface area contributed by atoms with Crippen LogP contribution in [0.3, 0.4) is 0 Å². The van der Waals surface area contributed by atoms with E-state index in [-0.39, 0.29) is 5.91 Å². The monoisotopic (exact) mass is 275 g/mol. The summed E-state index contributed by atoms with van der Waals surface area (Å²) in [5, 5.41) is 7.10. The van der Waals surface area contributed by atoms with Gasteiger partial charge in [0.15, 0.2) is 5.82 Å². The van der Waals surface area contributed by atoms with Crippen LogP contribution in [0.15, 0.2) is 27.5 Å². The van der Waals surface area contributed by atoms with Gasteiger partial charge in [0.05, 0.1) is 11.8 Å². The minimum absolute atomic E-state index is 0.164. The van der Waals surface area contributed by atoms with Gasteiger partial charge in [-0.2, -0.15) is 4.98 Å². The van der Waals surface area contributed by atoms with Gasteiger partial charge in [-0.3, -0.25) is 4.79 Å². The van der Waals surface area contributed by atoms with Crippen molar-refractivity contribution >= 4 is 5.91 Å². The summed E-state index contributed by atoms with van der Waals surface area (Å²) in [6.07, 6.45) is 7.83. The maximum absolute atomic E-state index is 12.3. The van der Waals surface area contributed by atoms with Crippen molar-refractivity contribution in [2.75, 3.05) is 0 Å². The van der Waals surface area contributed by atoms with Crippen molar-refractivity contribution in [3.8, 4) is 0 Å². The van der Waals surface area contributed by atoms with Crippen LogP contribution in [0.5, 0.6) is 0 Å². The number of rotatable bonds is 3. The fourth-order valence-electron chi connectivity index (χ4n) is 2.74. The fraction of sp³-hybridized carbons (Fsp3) is 0.500. The van der Waals surface area contributed by atoms with Crippen molar-refractivity contribution in [2.24, 2.45) is 0 Å². The molecular formula is C14H17N3O3. The van der Waals surface area contributed by atoms with Gasteiger partial charge in [-0.25, -0.2) is 0 Å². The number of aromatic nitrogens is 2. The van der Waals surface area contributed by atoms with Crippen LogP contribution >= 0.6 is 0 Å². The number of amides is 1. The molecule has 0 saturated heterocycles. The van der Waals surface area contributed by atoms with Crippen LogP contribution in [-0.4, -0.2) is 16.0 Å². The van der Waals surface area contributed by atoms with Crippen molar-refractivity contribution in [2.45, 2.75) is 44.6 Å². The molecule has 106 valence electrons. The van der Waals surface area contributed by atoms with Crippen LogP contribution in [-0.2, 0) is 5.54 Å². The lowest BCUT2D eigenvalue weighted by molar-refractivity contribution is 0.0854. The Bertz CT molecular complexity index is 583. The lowest BCUT2D eigenvalue weighted by atomic mass is 9.81. The quantitative estimate of drug-likeness (QED) is 0.931. The Morgan fingerprint density at radius 2 is 2.15 bits per heavy atom. The largest absolute Gasteiger partial charge is 0.472 e. The van der Waals surface area contributed by atoms with Gasteiger partial charge < -0.3 is 14.3 Å². The molecule has 6 nitrogen and oxygen atoms in total. The van der Waals surface area contributed by atoms with E-state index in [2.05, 4.69) is 15.5 Å². The summed E-state index contributed by atoms with van der Waals surface area (Å²) in [7, 11) is 0. The molecule has 1 saturated carbocycles. The highest BCUT2D eigenvalue weighted by Crippen LogP contribution is 2.35. The SMILES string of the molecule is Cc1nc(C2(NC(=O)c3ccoc3)CCCCC2)no1. The molecule has 0 aliphatic heterocycles. The van der Waals surface area contributed by atoms with Crippen molar-refractivity contribution < 1.29 is 13.7 Å². The Morgan fingerprint density at radius 3 is 2.75 bits per heavy atom. The molecule has 2 aromatic rings. The molecule has 0 bridgehead atoms. The normalized spacial score (nSPS) is 17.9. The molecule has 3 rings (SSSR count). The zero-order valence-electron chi connectivity index (χ0n) is 11.4. The van der Waals surface area contributed by atoms with Crippen LogP contribution in [0.25, 0.3) is 0 Å². The zero-order chi connectivity index (χ0) is 14.0. The van der Waals surface area contributed by atoms with Gasteiger partial charge in [0.1, 0.15) is 11.8 Å². The minimum Gasteiger partial charge on any atom is -0.472 e. The second-order valence-electron chi connectivity index (χ2n) is 5.25. The topological polar surface area (TPSA) is 81.2 Å². The first-order chi connectivity index (χ1) is 9.70. The third-order valence-electron chi connectivity index (χ3n) is 3.80. The molecule has 0 aromatic carbocycles. The lowest BCUT2D eigenvalue weighted by Crippen LogP contribution is -2.48. The summed E-state index contributed by atoms with van der Waals surface area (Å²) in [4.78, 5) is 16.6. The molecule has 2 aromatic heterocycles. The van der Waals surface area contributed by atoms with Crippen molar-refractivity contribution in [3.05, 3.63) is 35.9 Å². The molecule has 0 unspecified atom stereocenters. The van der Waals surface area contributed by atoms with Gasteiger partial charge in [0, 0.05) is 6.92 Å². The average molecular weight is 275 g/mol. The minimum atomic E-state index is -0.523. The van der Waals surface area contributed by atoms with E-state index < -0.39 is 5.54 Å². The van der Waals surface area contributed by atoms with Gasteiger partial charge in [-0.15, -0.1) is 0 Å². The average Bonchev–Trinajstić information content (AvgIpc) is 3.10. The smallest absolute Gasteiger partial charge is 0.255 e. The molecular weight excluding hydrogens is 258 g/mol. The molecule has 0 radical (unpaired) electrons. The summed E-state index contributed by atoms with van der Waals surface area (Å²) in [5.41, 5.74) is -0.0140. The Labute approximate surface area is 116 Å². The van der Waals surface area contributed by atoms with Crippen LogP contribution < -0.4 is 5.32 Å². The van der Waals surface area contributed by atoms with E-state index in [4.69, 9.17) is 8.94 Å². The van der Waals surface area contributed by atoms with E-state index >= 15 is 0 Å². The summed E-state index contributed by atoms with van der Waals surface area (Å²) in [6, 6.07) is 1.65. The van der Waals surface area contributed by atoms with Gasteiger partial charge >= 0.3 is 0 Å². The first-order valence-electron chi connectivity index (χ1n) is 6.85. The number of hydrogen-bond donors (Lipinski definition) is 1. The van der Waals surface area contributed by atoms with E-state index in [1.54, 1.807) is 13.0 Å². The highest BCUT2D eigenvalue weighted by Gasteiger charge is 2.39. The number of carbonyl (C=O) groups is 1. The van der Waals surface area contributed by atoms with Crippen molar-refractivity contribution in [3.63, 3.8) is 0 Å². The predicted octanol–water partition coefficient (Wildman–Crippen LogP) is 2.56. The molecule has 6 heteroatoms. The number of hydrogen-bond acceptors (Lipinski definition) is 5. The van der Waals surface area contributed by atoms with Gasteiger partial charge in [-0.1, -0.05) is 24.4 Å². The molecule has 1 amide bonds. The number of furan rings is 1. The van der Waals surface area contributed by atoms with E-state index in [0.717, 1.165) is 25.7 Å². The van der Waals surface area contributed by atoms with Crippen LogP contribution in [0.2, 0.25) is 0 Å². The third-order valence-corrected chi connectivity index (χ3v) is 3.80. The van der Waals surface area contributed by atoms with E-state index in [0.29, 0.717) is 17.3 Å². The summed E-state index contributed by atoms with van der Waals surface area (Å²) >= 11 is 0. The van der Waals surface area contributed by atoms with E-state index in [1.165, 1.54) is 18.9 Å². The predicted molar refractivity (Wildman–Crippen MR) is 70.0 cm³/mol. The molecule has 0 spiro atoms. The molecule has 2 heterocycles. The van der Waals surface area contributed by atoms with E-state index in [1.807, 2.05) is 0 Å². The maximum atomic E-state index is 12.3. The Kier molecular flexibility index (Phi) is 3.30. The van der Waals surface area contributed by atoms with Crippen molar-refractivity contribution in [1.82, 2.24) is 15.5 Å². The van der Waals surface area contributed by atoms with Crippen LogP contribution in [0.4, 0.5) is 0 Å². The second-order valence-corrected chi connectivity index (χ2v) is 5.25. The molecule has 1 N–H and O–H groups in total. The highest BCUT2D eigenvalue weighted by atomic mass is 16.5. The highest BCUT2D eigenvalue weighted by molar-refractivity contribution is 5.94. The summed E-state index contributed by atoms with van der Waals surface area (Å²) in [5.74, 6) is 0.928. The molecule has 1 fully saturated rings. The van der Waals surface area contributed by atoms with Crippen LogP contribution in [0, 0.1) is 6.92 Å². The van der Waals surface area contributed by atoms with Gasteiger partial charge in [0.2, 0.25) is 5.89 Å². The second kappa shape index (κ2) is 5.11. The molecule has 0 atom stereocenters. The van der Waals surface area contributed by atoms with E-state index in [9.17, 15) is 4.79 Å². The number of carbonyl (C=O) groups excluding carboxylic acids is 1. The first kappa shape index (κ1) is 12.9. The van der Waals surface area contributed by atoms with Crippen molar-refractivity contribution in [1.29, 1.82) is 0 Å². The summed E-state index contributed by atoms with van der Waals surface area (Å²) in [6.45, 7) is 1.75. The first-order valence-corrected chi connectivity index (χ1v) is 6.85. The fourth-order valence-corrected chi connectivity index (χ4v) is 2.74. The van der Waals surface area contributed by atoms with Crippen LogP contribution in [0.1, 0.15) is 54.2 Å². The molecule has 1 aliphatic rings. The number of nitrogens with one attached hydrogen (secondary N) is 1. The third kappa shape index (κ3) is 2.33. The zero-order valence-corrected chi connectivity index (χ0v) is 11.4. The molecule has 1 aliphatic carbocycles. The Morgan fingerprint density at radius 1 is 1.35 bits per heavy atom. The molecule has 20 heavy (non-hydrogen) atoms. The van der Waals surface area contributed by atoms with Gasteiger partial charge in [0.25, 0.3) is 5.91 Å². The van der Waals surface area contributed by atoms with Gasteiger partial charge in [-0.05, 0) is 18.9 Å². The Balaban J connectivity index is 1.88. The number of nitrogens with zero attached hydrogens (tertiary/aromatic N) is 2. The maximum Gasteiger partial charge on any atom is 0.255 e. The Hall–Kier alpha value is -2.11. The summed E-state index contributed by atoms with van der Waals surface area (Å²) < 4.78 is 10.0. The lowest BCUT2D eigenvalue weighted by Gasteiger charge is -2.35. The standard InChI is InChI=1S/C14H17N3O3/c1-10-15-13(17-20-10)14(6-3-2-4-7-14)16-12(18)11-5-8-19-9-11/h5,8-9H,2-4,6-7H2,1H3,(H,16,18). The number of aryl methyl sites for hydroxylation is 1.